The molecule has 3 fully saturated rings. The fourth-order valence-corrected chi connectivity index (χ4v) is 5.47. The van der Waals surface area contributed by atoms with E-state index in [2.05, 4.69) is 17.1 Å². The number of rotatable bonds is 4. The molecule has 0 saturated carbocycles. The Balaban J connectivity index is 1.39. The molecule has 176 valence electrons. The molecule has 0 aliphatic carbocycles. The van der Waals surface area contributed by atoms with Crippen LogP contribution in [0, 0.1) is 17.2 Å². The summed E-state index contributed by atoms with van der Waals surface area (Å²) in [6.07, 6.45) is 2.55. The number of ether oxygens (including phenoxy) is 2. The lowest BCUT2D eigenvalue weighted by Crippen LogP contribution is -2.53. The summed E-state index contributed by atoms with van der Waals surface area (Å²) in [6.45, 7) is 9.53. The molecule has 2 bridgehead atoms. The third kappa shape index (κ3) is 4.33. The Morgan fingerprint density at radius 1 is 1.24 bits per heavy atom. The van der Waals surface area contributed by atoms with Gasteiger partial charge in [0.25, 0.3) is 0 Å². The van der Waals surface area contributed by atoms with Gasteiger partial charge >= 0.3 is 6.09 Å². The number of hydrogen-bond acceptors (Lipinski definition) is 4. The van der Waals surface area contributed by atoms with E-state index < -0.39 is 17.6 Å². The van der Waals surface area contributed by atoms with Crippen LogP contribution in [-0.2, 0) is 11.2 Å². The van der Waals surface area contributed by atoms with Gasteiger partial charge in [0.1, 0.15) is 17.7 Å². The van der Waals surface area contributed by atoms with Gasteiger partial charge in [-0.25, -0.2) is 9.18 Å². The topological polar surface area (TPSA) is 50.8 Å². The number of halogens is 1. The van der Waals surface area contributed by atoms with Gasteiger partial charge < -0.3 is 14.8 Å². The minimum Gasteiger partial charge on any atom is -0.493 e. The smallest absolute Gasteiger partial charge is 0.407 e. The first-order chi connectivity index (χ1) is 15.8. The molecule has 2 aromatic carbocycles. The number of carbonyl (C=O) groups excluding carboxylic acids is 1. The van der Waals surface area contributed by atoms with Gasteiger partial charge in [-0.05, 0) is 61.5 Å². The van der Waals surface area contributed by atoms with Crippen LogP contribution in [0.4, 0.5) is 9.18 Å². The Bertz CT molecular complexity index is 1050. The molecular weight excluding hydrogens is 419 g/mol. The minimum absolute atomic E-state index is 0.0696. The Morgan fingerprint density at radius 2 is 2.03 bits per heavy atom. The van der Waals surface area contributed by atoms with E-state index in [0.717, 1.165) is 50.0 Å². The van der Waals surface area contributed by atoms with Crippen molar-refractivity contribution in [1.29, 1.82) is 0 Å². The minimum atomic E-state index is -0.431. The van der Waals surface area contributed by atoms with Crippen LogP contribution in [0.5, 0.6) is 5.75 Å². The number of benzene rings is 2. The van der Waals surface area contributed by atoms with Gasteiger partial charge in [-0.3, -0.25) is 4.90 Å². The predicted molar refractivity (Wildman–Crippen MR) is 126 cm³/mol. The molecule has 4 heterocycles. The predicted octanol–water partition coefficient (Wildman–Crippen LogP) is 5.34. The van der Waals surface area contributed by atoms with E-state index in [-0.39, 0.29) is 11.9 Å². The van der Waals surface area contributed by atoms with Crippen molar-refractivity contribution in [2.75, 3.05) is 26.2 Å². The van der Waals surface area contributed by atoms with Crippen LogP contribution in [-0.4, -0.2) is 43.3 Å². The summed E-state index contributed by atoms with van der Waals surface area (Å²) in [4.78, 5) is 15.3. The van der Waals surface area contributed by atoms with Gasteiger partial charge in [0.15, 0.2) is 0 Å². The number of alkyl carbamates (subject to hydrolysis) is 1. The first-order valence-electron chi connectivity index (χ1n) is 12.1. The molecule has 2 aromatic rings. The highest BCUT2D eigenvalue weighted by Crippen LogP contribution is 2.45. The molecule has 4 aliphatic heterocycles. The van der Waals surface area contributed by atoms with E-state index in [1.807, 2.05) is 38.1 Å². The maximum atomic E-state index is 15.3. The lowest BCUT2D eigenvalue weighted by Gasteiger charge is -2.44. The molecule has 3 saturated heterocycles. The summed E-state index contributed by atoms with van der Waals surface area (Å²) in [5.74, 6) is 0.733. The fraction of sp³-hybridized carbons (Fsp3) is 0.519. The second kappa shape index (κ2) is 8.64. The molecule has 1 unspecified atom stereocenters. The standard InChI is InChI=1S/C27H33FN2O3/c1-4-17-6-5-7-19(12-17)20-14-23-21(13-22(20)28)25(27(2,3)16-32-23)29-26(31)33-24-15-30-10-8-18(24)9-11-30/h5-7,12-14,18,24-25H,4,8-11,15-16H2,1-3H3,(H,29,31)/t24-,25?/m1/s1. The van der Waals surface area contributed by atoms with Crippen molar-refractivity contribution in [3.8, 4) is 16.9 Å². The maximum Gasteiger partial charge on any atom is 0.407 e. The summed E-state index contributed by atoms with van der Waals surface area (Å²) in [5.41, 5.74) is 2.75. The molecule has 0 radical (unpaired) electrons. The van der Waals surface area contributed by atoms with Crippen molar-refractivity contribution < 1.29 is 18.7 Å². The number of nitrogens with zero attached hydrogens (tertiary/aromatic N) is 1. The molecule has 1 N–H and O–H groups in total. The zero-order chi connectivity index (χ0) is 23.2. The number of carbonyl (C=O) groups is 1. The lowest BCUT2D eigenvalue weighted by atomic mass is 9.78. The van der Waals surface area contributed by atoms with Crippen LogP contribution in [0.2, 0.25) is 0 Å². The summed E-state index contributed by atoms with van der Waals surface area (Å²) in [6, 6.07) is 10.8. The molecule has 33 heavy (non-hydrogen) atoms. The van der Waals surface area contributed by atoms with Crippen molar-refractivity contribution in [3.05, 3.63) is 53.3 Å². The largest absolute Gasteiger partial charge is 0.493 e. The van der Waals surface area contributed by atoms with Crippen molar-refractivity contribution in [1.82, 2.24) is 10.2 Å². The number of fused-ring (bicyclic) bond motifs is 4. The van der Waals surface area contributed by atoms with Crippen LogP contribution < -0.4 is 10.1 Å². The van der Waals surface area contributed by atoms with E-state index in [1.165, 1.54) is 6.07 Å². The van der Waals surface area contributed by atoms with Gasteiger partial charge in [-0.1, -0.05) is 45.0 Å². The molecule has 0 aromatic heterocycles. The molecule has 5 nitrogen and oxygen atoms in total. The highest BCUT2D eigenvalue weighted by Gasteiger charge is 2.41. The Kier molecular flexibility index (Phi) is 5.81. The maximum absolute atomic E-state index is 15.3. The second-order valence-corrected chi connectivity index (χ2v) is 10.4. The molecular formula is C27H33FN2O3. The average Bonchev–Trinajstić information content (AvgIpc) is 2.81. The lowest BCUT2D eigenvalue weighted by molar-refractivity contribution is -0.0361. The third-order valence-electron chi connectivity index (χ3n) is 7.55. The third-order valence-corrected chi connectivity index (χ3v) is 7.55. The molecule has 6 rings (SSSR count). The van der Waals surface area contributed by atoms with E-state index in [9.17, 15) is 4.79 Å². The number of piperidine rings is 3. The Labute approximate surface area is 195 Å². The van der Waals surface area contributed by atoms with E-state index in [1.54, 1.807) is 6.07 Å². The zero-order valence-electron chi connectivity index (χ0n) is 19.7. The van der Waals surface area contributed by atoms with Gasteiger partial charge in [0.2, 0.25) is 0 Å². The van der Waals surface area contributed by atoms with Crippen molar-refractivity contribution in [2.24, 2.45) is 11.3 Å². The summed E-state index contributed by atoms with van der Waals surface area (Å²) >= 11 is 0. The van der Waals surface area contributed by atoms with Gasteiger partial charge in [-0.2, -0.15) is 0 Å². The molecule has 2 atom stereocenters. The zero-order valence-corrected chi connectivity index (χ0v) is 19.7. The molecule has 0 spiro atoms. The quantitative estimate of drug-likeness (QED) is 0.681. The summed E-state index contributed by atoms with van der Waals surface area (Å²) in [5, 5.41) is 3.05. The fourth-order valence-electron chi connectivity index (χ4n) is 5.47. The number of hydrogen-bond donors (Lipinski definition) is 1. The number of amides is 1. The first kappa shape index (κ1) is 22.2. The second-order valence-electron chi connectivity index (χ2n) is 10.4. The number of aryl methyl sites for hydroxylation is 1. The molecule has 4 aliphatic rings. The van der Waals surface area contributed by atoms with E-state index in [4.69, 9.17) is 9.47 Å². The monoisotopic (exact) mass is 452 g/mol. The summed E-state index contributed by atoms with van der Waals surface area (Å²) < 4.78 is 27.2. The first-order valence-corrected chi connectivity index (χ1v) is 12.1. The van der Waals surface area contributed by atoms with E-state index >= 15 is 4.39 Å². The van der Waals surface area contributed by atoms with Crippen molar-refractivity contribution >= 4 is 6.09 Å². The Morgan fingerprint density at radius 3 is 2.73 bits per heavy atom. The van der Waals surface area contributed by atoms with Crippen molar-refractivity contribution in [3.63, 3.8) is 0 Å². The molecule has 6 heteroatoms. The summed E-state index contributed by atoms with van der Waals surface area (Å²) in [7, 11) is 0. The van der Waals surface area contributed by atoms with Crippen LogP contribution in [0.15, 0.2) is 36.4 Å². The SMILES string of the molecule is CCc1cccc(-c2cc3c(cc2F)C(NC(=O)O[C@@H]2CN4CCC2CC4)C(C)(C)CO3)c1. The molecule has 1 amide bonds. The van der Waals surface area contributed by atoms with Gasteiger partial charge in [0, 0.05) is 23.1 Å². The van der Waals surface area contributed by atoms with Gasteiger partial charge in [0.05, 0.1) is 12.6 Å². The van der Waals surface area contributed by atoms with Crippen molar-refractivity contribution in [2.45, 2.75) is 52.2 Å². The Hall–Kier alpha value is -2.60. The number of nitrogens with one attached hydrogen (secondary N) is 1. The van der Waals surface area contributed by atoms with Crippen LogP contribution in [0.25, 0.3) is 11.1 Å². The highest BCUT2D eigenvalue weighted by atomic mass is 19.1. The van der Waals surface area contributed by atoms with E-state index in [0.29, 0.717) is 29.4 Å². The highest BCUT2D eigenvalue weighted by molar-refractivity contribution is 5.71. The normalized spacial score (nSPS) is 27.4. The van der Waals surface area contributed by atoms with Crippen LogP contribution >= 0.6 is 0 Å². The van der Waals surface area contributed by atoms with Gasteiger partial charge in [-0.15, -0.1) is 0 Å². The average molecular weight is 453 g/mol. The van der Waals surface area contributed by atoms with Crippen LogP contribution in [0.1, 0.15) is 50.8 Å². The van der Waals surface area contributed by atoms with Crippen LogP contribution in [0.3, 0.4) is 0 Å².